The molecule has 0 heterocycles. The van der Waals surface area contributed by atoms with Crippen LogP contribution in [-0.4, -0.2) is 37.6 Å². The van der Waals surface area contributed by atoms with E-state index in [1.807, 2.05) is 26.0 Å². The molecule has 0 aliphatic carbocycles. The first-order chi connectivity index (χ1) is 9.02. The highest BCUT2D eigenvalue weighted by Gasteiger charge is 2.08. The molecular formula is C15H24N2O2. The van der Waals surface area contributed by atoms with Crippen molar-refractivity contribution in [1.82, 2.24) is 4.90 Å². The molecule has 1 rings (SSSR count). The molecule has 1 aromatic carbocycles. The van der Waals surface area contributed by atoms with Gasteiger partial charge >= 0.3 is 0 Å². The zero-order chi connectivity index (χ0) is 14.3. The minimum absolute atomic E-state index is 0.0952. The van der Waals surface area contributed by atoms with Crippen molar-refractivity contribution in [2.75, 3.05) is 26.7 Å². The average Bonchev–Trinajstić information content (AvgIpc) is 2.34. The van der Waals surface area contributed by atoms with Crippen molar-refractivity contribution in [2.45, 2.75) is 26.7 Å². The van der Waals surface area contributed by atoms with Gasteiger partial charge in [-0.2, -0.15) is 0 Å². The molecule has 4 nitrogen and oxygen atoms in total. The summed E-state index contributed by atoms with van der Waals surface area (Å²) in [4.78, 5) is 13.5. The van der Waals surface area contributed by atoms with Crippen LogP contribution in [0.4, 0.5) is 0 Å². The summed E-state index contributed by atoms with van der Waals surface area (Å²) < 4.78 is 5.62. The second-order valence-corrected chi connectivity index (χ2v) is 4.88. The van der Waals surface area contributed by atoms with Crippen molar-refractivity contribution < 1.29 is 9.53 Å². The smallest absolute Gasteiger partial charge is 0.225 e. The first kappa shape index (κ1) is 15.5. The second kappa shape index (κ2) is 7.79. The number of hydrogen-bond acceptors (Lipinski definition) is 3. The van der Waals surface area contributed by atoms with E-state index >= 15 is 0 Å². The Morgan fingerprint density at radius 3 is 2.47 bits per heavy atom. The molecular weight excluding hydrogens is 240 g/mol. The molecule has 1 aromatic rings. The predicted molar refractivity (Wildman–Crippen MR) is 77.3 cm³/mol. The van der Waals surface area contributed by atoms with Crippen LogP contribution in [-0.2, 0) is 4.79 Å². The number of rotatable bonds is 7. The van der Waals surface area contributed by atoms with Crippen molar-refractivity contribution in [1.29, 1.82) is 0 Å². The van der Waals surface area contributed by atoms with E-state index in [2.05, 4.69) is 6.07 Å². The quantitative estimate of drug-likeness (QED) is 0.818. The number of nitrogens with zero attached hydrogens (tertiary/aromatic N) is 1. The summed E-state index contributed by atoms with van der Waals surface area (Å²) in [6.45, 7) is 5.79. The van der Waals surface area contributed by atoms with E-state index in [-0.39, 0.29) is 5.91 Å². The summed E-state index contributed by atoms with van der Waals surface area (Å²) in [7, 11) is 1.80. The SMILES string of the molecule is Cc1cc(C)cc(OCCC(=O)N(C)CCCN)c1. The summed E-state index contributed by atoms with van der Waals surface area (Å²) in [6, 6.07) is 6.06. The third-order valence-electron chi connectivity index (χ3n) is 2.90. The zero-order valence-electron chi connectivity index (χ0n) is 12.1. The lowest BCUT2D eigenvalue weighted by Gasteiger charge is -2.16. The molecule has 4 heteroatoms. The molecule has 19 heavy (non-hydrogen) atoms. The minimum atomic E-state index is 0.0952. The molecule has 0 saturated heterocycles. The number of nitrogens with two attached hydrogens (primary N) is 1. The molecule has 2 N–H and O–H groups in total. The van der Waals surface area contributed by atoms with Crippen LogP contribution < -0.4 is 10.5 Å². The van der Waals surface area contributed by atoms with Crippen molar-refractivity contribution in [3.8, 4) is 5.75 Å². The Labute approximate surface area is 115 Å². The molecule has 0 fully saturated rings. The van der Waals surface area contributed by atoms with Gasteiger partial charge < -0.3 is 15.4 Å². The molecule has 1 amide bonds. The normalized spacial score (nSPS) is 10.3. The van der Waals surface area contributed by atoms with Crippen LogP contribution in [0.2, 0.25) is 0 Å². The van der Waals surface area contributed by atoms with Crippen molar-refractivity contribution >= 4 is 5.91 Å². The maximum absolute atomic E-state index is 11.8. The van der Waals surface area contributed by atoms with E-state index in [4.69, 9.17) is 10.5 Å². The van der Waals surface area contributed by atoms with Gasteiger partial charge in [-0.25, -0.2) is 0 Å². The predicted octanol–water partition coefficient (Wildman–Crippen LogP) is 1.88. The lowest BCUT2D eigenvalue weighted by molar-refractivity contribution is -0.130. The van der Waals surface area contributed by atoms with Crippen molar-refractivity contribution in [2.24, 2.45) is 5.73 Å². The van der Waals surface area contributed by atoms with Gasteiger partial charge in [-0.3, -0.25) is 4.79 Å². The molecule has 0 atom stereocenters. The van der Waals surface area contributed by atoms with Gasteiger partial charge in [0.25, 0.3) is 0 Å². The van der Waals surface area contributed by atoms with Crippen LogP contribution in [0.1, 0.15) is 24.0 Å². The molecule has 0 unspecified atom stereocenters. The Morgan fingerprint density at radius 1 is 1.26 bits per heavy atom. The maximum Gasteiger partial charge on any atom is 0.225 e. The average molecular weight is 264 g/mol. The number of carbonyl (C=O) groups excluding carboxylic acids is 1. The van der Waals surface area contributed by atoms with Crippen LogP contribution >= 0.6 is 0 Å². The largest absolute Gasteiger partial charge is 0.493 e. The zero-order valence-corrected chi connectivity index (χ0v) is 12.1. The molecule has 0 saturated carbocycles. The Kier molecular flexibility index (Phi) is 6.36. The summed E-state index contributed by atoms with van der Waals surface area (Å²) in [5.41, 5.74) is 7.75. The molecule has 0 spiro atoms. The lowest BCUT2D eigenvalue weighted by Crippen LogP contribution is -2.30. The first-order valence-corrected chi connectivity index (χ1v) is 6.68. The van der Waals surface area contributed by atoms with E-state index in [9.17, 15) is 4.79 Å². The van der Waals surface area contributed by atoms with Gasteiger partial charge in [-0.15, -0.1) is 0 Å². The van der Waals surface area contributed by atoms with E-state index in [0.29, 0.717) is 26.1 Å². The van der Waals surface area contributed by atoms with Crippen molar-refractivity contribution in [3.63, 3.8) is 0 Å². The van der Waals surface area contributed by atoms with Gasteiger partial charge in [0.05, 0.1) is 13.0 Å². The highest BCUT2D eigenvalue weighted by atomic mass is 16.5. The number of aryl methyl sites for hydroxylation is 2. The van der Waals surface area contributed by atoms with Crippen molar-refractivity contribution in [3.05, 3.63) is 29.3 Å². The number of benzene rings is 1. The fraction of sp³-hybridized carbons (Fsp3) is 0.533. The lowest BCUT2D eigenvalue weighted by atomic mass is 10.1. The van der Waals surface area contributed by atoms with Gasteiger partial charge in [0.15, 0.2) is 0 Å². The van der Waals surface area contributed by atoms with Gasteiger partial charge in [0, 0.05) is 13.6 Å². The Hall–Kier alpha value is -1.55. The van der Waals surface area contributed by atoms with E-state index in [0.717, 1.165) is 12.2 Å². The number of amides is 1. The summed E-state index contributed by atoms with van der Waals surface area (Å²) in [6.07, 6.45) is 1.23. The third kappa shape index (κ3) is 5.75. The molecule has 0 aliphatic rings. The van der Waals surface area contributed by atoms with E-state index < -0.39 is 0 Å². The van der Waals surface area contributed by atoms with E-state index in [1.165, 1.54) is 11.1 Å². The highest BCUT2D eigenvalue weighted by molar-refractivity contribution is 5.75. The van der Waals surface area contributed by atoms with Crippen LogP contribution in [0, 0.1) is 13.8 Å². The molecule has 106 valence electrons. The standard InChI is InChI=1S/C15H24N2O2/c1-12-9-13(2)11-14(10-12)19-8-5-15(18)17(3)7-4-6-16/h9-11H,4-8,16H2,1-3H3. The molecule has 0 bridgehead atoms. The van der Waals surface area contributed by atoms with Gasteiger partial charge in [-0.05, 0) is 50.1 Å². The van der Waals surface area contributed by atoms with Crippen LogP contribution in [0.25, 0.3) is 0 Å². The maximum atomic E-state index is 11.8. The second-order valence-electron chi connectivity index (χ2n) is 4.88. The summed E-state index contributed by atoms with van der Waals surface area (Å²) in [5, 5.41) is 0. The number of carbonyl (C=O) groups is 1. The van der Waals surface area contributed by atoms with Gasteiger partial charge in [0.1, 0.15) is 5.75 Å². The van der Waals surface area contributed by atoms with E-state index in [1.54, 1.807) is 11.9 Å². The fourth-order valence-electron chi connectivity index (χ4n) is 1.92. The molecule has 0 aromatic heterocycles. The Balaban J connectivity index is 2.35. The molecule has 0 aliphatic heterocycles. The van der Waals surface area contributed by atoms with Gasteiger partial charge in [0.2, 0.25) is 5.91 Å². The fourth-order valence-corrected chi connectivity index (χ4v) is 1.92. The number of ether oxygens (including phenoxy) is 1. The highest BCUT2D eigenvalue weighted by Crippen LogP contribution is 2.16. The van der Waals surface area contributed by atoms with Crippen LogP contribution in [0.5, 0.6) is 5.75 Å². The van der Waals surface area contributed by atoms with Crippen LogP contribution in [0.15, 0.2) is 18.2 Å². The Morgan fingerprint density at radius 2 is 1.89 bits per heavy atom. The third-order valence-corrected chi connectivity index (χ3v) is 2.90. The minimum Gasteiger partial charge on any atom is -0.493 e. The van der Waals surface area contributed by atoms with Gasteiger partial charge in [-0.1, -0.05) is 6.07 Å². The Bertz CT molecular complexity index is 398. The summed E-state index contributed by atoms with van der Waals surface area (Å²) in [5.74, 6) is 0.924. The summed E-state index contributed by atoms with van der Waals surface area (Å²) >= 11 is 0. The monoisotopic (exact) mass is 264 g/mol. The number of hydrogen-bond donors (Lipinski definition) is 1. The molecule has 0 radical (unpaired) electrons. The topological polar surface area (TPSA) is 55.6 Å². The first-order valence-electron chi connectivity index (χ1n) is 6.68. The van der Waals surface area contributed by atoms with Crippen LogP contribution in [0.3, 0.4) is 0 Å².